The van der Waals surface area contributed by atoms with Crippen molar-refractivity contribution in [3.8, 4) is 0 Å². The molecule has 0 aromatic rings. The zero-order valence-electron chi connectivity index (χ0n) is 11.7. The molecule has 19 heavy (non-hydrogen) atoms. The predicted molar refractivity (Wildman–Crippen MR) is 69.9 cm³/mol. The summed E-state index contributed by atoms with van der Waals surface area (Å²) in [6.07, 6.45) is 5.80. The Bertz CT molecular complexity index is 349. The van der Waals surface area contributed by atoms with Crippen LogP contribution in [-0.4, -0.2) is 40.3 Å². The van der Waals surface area contributed by atoms with Crippen molar-refractivity contribution >= 4 is 12.4 Å². The first-order valence-corrected chi connectivity index (χ1v) is 7.11. The molecule has 1 heterocycles. The summed E-state index contributed by atoms with van der Waals surface area (Å²) in [5.74, 6) is 0.514. The molecular weight excluding hydrogens is 246 g/mol. The van der Waals surface area contributed by atoms with Crippen LogP contribution in [0.15, 0.2) is 0 Å². The van der Waals surface area contributed by atoms with Crippen LogP contribution in [0.3, 0.4) is 0 Å². The minimum absolute atomic E-state index is 0.340. The van der Waals surface area contributed by atoms with E-state index in [-0.39, 0.29) is 6.04 Å². The number of amides is 1. The molecule has 1 saturated carbocycles. The van der Waals surface area contributed by atoms with Crippen LogP contribution in [0.5, 0.6) is 0 Å². The standard InChI is InChI=1S/C14H23NO4/c1-14(2)15(13(17)18)11(12(9-16)19-14)8-10-6-4-3-5-7-10/h9-12H,3-8H2,1-2H3,(H,17,18)/t11-,12-/m0/s1. The summed E-state index contributed by atoms with van der Waals surface area (Å²) in [6, 6.07) is -0.340. The second-order valence-corrected chi connectivity index (χ2v) is 6.12. The van der Waals surface area contributed by atoms with E-state index in [2.05, 4.69) is 0 Å². The van der Waals surface area contributed by atoms with Crippen molar-refractivity contribution in [1.82, 2.24) is 4.90 Å². The molecule has 5 nitrogen and oxygen atoms in total. The second-order valence-electron chi connectivity index (χ2n) is 6.12. The number of hydrogen-bond donors (Lipinski definition) is 1. The molecule has 1 aliphatic carbocycles. The van der Waals surface area contributed by atoms with Gasteiger partial charge in [-0.05, 0) is 26.2 Å². The number of carboxylic acid groups (broad SMARTS) is 1. The fraction of sp³-hybridized carbons (Fsp3) is 0.857. The van der Waals surface area contributed by atoms with E-state index in [1.54, 1.807) is 13.8 Å². The number of nitrogens with zero attached hydrogens (tertiary/aromatic N) is 1. The first-order valence-electron chi connectivity index (χ1n) is 7.11. The summed E-state index contributed by atoms with van der Waals surface area (Å²) in [5.41, 5.74) is -0.920. The molecule has 1 aliphatic heterocycles. The fourth-order valence-electron chi connectivity index (χ4n) is 3.51. The molecular formula is C14H23NO4. The van der Waals surface area contributed by atoms with E-state index in [9.17, 15) is 14.7 Å². The Balaban J connectivity index is 2.13. The Labute approximate surface area is 113 Å². The van der Waals surface area contributed by atoms with Gasteiger partial charge in [-0.15, -0.1) is 0 Å². The highest BCUT2D eigenvalue weighted by molar-refractivity contribution is 5.69. The van der Waals surface area contributed by atoms with Crippen LogP contribution >= 0.6 is 0 Å². The zero-order chi connectivity index (χ0) is 14.0. The van der Waals surface area contributed by atoms with Crippen molar-refractivity contribution in [3.05, 3.63) is 0 Å². The first-order chi connectivity index (χ1) is 8.95. The molecule has 0 spiro atoms. The molecule has 2 rings (SSSR count). The molecule has 2 aliphatic rings. The normalized spacial score (nSPS) is 31.4. The average molecular weight is 269 g/mol. The lowest BCUT2D eigenvalue weighted by molar-refractivity contribution is -0.123. The number of hydrogen-bond acceptors (Lipinski definition) is 3. The number of rotatable bonds is 3. The Kier molecular flexibility index (Phi) is 4.13. The summed E-state index contributed by atoms with van der Waals surface area (Å²) >= 11 is 0. The van der Waals surface area contributed by atoms with Crippen molar-refractivity contribution in [2.75, 3.05) is 0 Å². The van der Waals surface area contributed by atoms with Crippen LogP contribution in [0.2, 0.25) is 0 Å². The van der Waals surface area contributed by atoms with Gasteiger partial charge in [-0.25, -0.2) is 4.79 Å². The van der Waals surface area contributed by atoms with E-state index in [0.717, 1.165) is 25.5 Å². The fourth-order valence-corrected chi connectivity index (χ4v) is 3.51. The maximum absolute atomic E-state index is 11.5. The minimum atomic E-state index is -1.00. The molecule has 0 bridgehead atoms. The minimum Gasteiger partial charge on any atom is -0.465 e. The zero-order valence-corrected chi connectivity index (χ0v) is 11.7. The summed E-state index contributed by atoms with van der Waals surface area (Å²) in [5, 5.41) is 9.39. The SMILES string of the molecule is CC1(C)O[C@@H](C=O)[C@H](CC2CCCCC2)N1C(=O)O. The van der Waals surface area contributed by atoms with E-state index in [0.29, 0.717) is 5.92 Å². The van der Waals surface area contributed by atoms with Crippen molar-refractivity contribution in [2.24, 2.45) is 5.92 Å². The van der Waals surface area contributed by atoms with Crippen LogP contribution in [0.4, 0.5) is 4.79 Å². The van der Waals surface area contributed by atoms with Gasteiger partial charge in [-0.3, -0.25) is 4.90 Å². The molecule has 0 aromatic heterocycles. The van der Waals surface area contributed by atoms with Gasteiger partial charge in [0.05, 0.1) is 6.04 Å². The molecule has 1 N–H and O–H groups in total. The molecule has 1 amide bonds. The number of aldehydes is 1. The smallest absolute Gasteiger partial charge is 0.409 e. The van der Waals surface area contributed by atoms with Gasteiger partial charge in [0, 0.05) is 0 Å². The van der Waals surface area contributed by atoms with Crippen LogP contribution < -0.4 is 0 Å². The maximum atomic E-state index is 11.5. The Morgan fingerprint density at radius 3 is 2.53 bits per heavy atom. The first kappa shape index (κ1) is 14.3. The lowest BCUT2D eigenvalue weighted by Crippen LogP contribution is -2.48. The summed E-state index contributed by atoms with van der Waals surface area (Å²) in [7, 11) is 0. The highest BCUT2D eigenvalue weighted by Crippen LogP contribution is 2.37. The van der Waals surface area contributed by atoms with Gasteiger partial charge in [0.25, 0.3) is 0 Å². The predicted octanol–water partition coefficient (Wildman–Crippen LogP) is 2.64. The topological polar surface area (TPSA) is 66.8 Å². The second kappa shape index (κ2) is 5.49. The number of carbonyl (C=O) groups excluding carboxylic acids is 1. The monoisotopic (exact) mass is 269 g/mol. The van der Waals surface area contributed by atoms with E-state index in [1.165, 1.54) is 24.2 Å². The van der Waals surface area contributed by atoms with E-state index >= 15 is 0 Å². The number of carbonyl (C=O) groups is 2. The molecule has 0 unspecified atom stereocenters. The summed E-state index contributed by atoms with van der Waals surface area (Å²) < 4.78 is 5.60. The molecule has 5 heteroatoms. The third kappa shape index (κ3) is 2.91. The van der Waals surface area contributed by atoms with Crippen LogP contribution in [-0.2, 0) is 9.53 Å². The van der Waals surface area contributed by atoms with Crippen molar-refractivity contribution in [3.63, 3.8) is 0 Å². The van der Waals surface area contributed by atoms with Gasteiger partial charge in [-0.2, -0.15) is 0 Å². The van der Waals surface area contributed by atoms with Crippen molar-refractivity contribution in [2.45, 2.75) is 70.2 Å². The molecule has 108 valence electrons. The average Bonchev–Trinajstić information content (AvgIpc) is 2.61. The molecule has 1 saturated heterocycles. The van der Waals surface area contributed by atoms with Crippen LogP contribution in [0.25, 0.3) is 0 Å². The van der Waals surface area contributed by atoms with Crippen LogP contribution in [0.1, 0.15) is 52.4 Å². The molecule has 2 atom stereocenters. The van der Waals surface area contributed by atoms with Gasteiger partial charge < -0.3 is 14.6 Å². The van der Waals surface area contributed by atoms with Gasteiger partial charge in [0.1, 0.15) is 11.8 Å². The molecule has 0 aromatic carbocycles. The van der Waals surface area contributed by atoms with Crippen molar-refractivity contribution in [1.29, 1.82) is 0 Å². The number of ether oxygens (including phenoxy) is 1. The van der Waals surface area contributed by atoms with E-state index in [4.69, 9.17) is 4.74 Å². The van der Waals surface area contributed by atoms with Gasteiger partial charge in [0.2, 0.25) is 0 Å². The Morgan fingerprint density at radius 1 is 1.37 bits per heavy atom. The highest BCUT2D eigenvalue weighted by Gasteiger charge is 2.50. The van der Waals surface area contributed by atoms with E-state index in [1.807, 2.05) is 0 Å². The molecule has 2 fully saturated rings. The van der Waals surface area contributed by atoms with Gasteiger partial charge >= 0.3 is 6.09 Å². The maximum Gasteiger partial charge on any atom is 0.409 e. The summed E-state index contributed by atoms with van der Waals surface area (Å²) in [4.78, 5) is 24.0. The van der Waals surface area contributed by atoms with Crippen LogP contribution in [0, 0.1) is 5.92 Å². The lowest BCUT2D eigenvalue weighted by atomic mass is 9.83. The van der Waals surface area contributed by atoms with Gasteiger partial charge in [-0.1, -0.05) is 32.1 Å². The van der Waals surface area contributed by atoms with Gasteiger partial charge in [0.15, 0.2) is 6.29 Å². The lowest BCUT2D eigenvalue weighted by Gasteiger charge is -2.33. The quantitative estimate of drug-likeness (QED) is 0.800. The summed E-state index contributed by atoms with van der Waals surface area (Å²) in [6.45, 7) is 3.41. The third-order valence-electron chi connectivity index (χ3n) is 4.36. The molecule has 0 radical (unpaired) electrons. The third-order valence-corrected chi connectivity index (χ3v) is 4.36. The van der Waals surface area contributed by atoms with Crippen molar-refractivity contribution < 1.29 is 19.4 Å². The van der Waals surface area contributed by atoms with E-state index < -0.39 is 17.9 Å². The Hall–Kier alpha value is -1.10. The highest BCUT2D eigenvalue weighted by atomic mass is 16.6. The Morgan fingerprint density at radius 2 is 2.00 bits per heavy atom. The largest absolute Gasteiger partial charge is 0.465 e.